The van der Waals surface area contributed by atoms with Crippen molar-refractivity contribution in [2.75, 3.05) is 6.54 Å². The number of aromatic nitrogens is 1. The van der Waals surface area contributed by atoms with Crippen molar-refractivity contribution in [2.24, 2.45) is 0 Å². The van der Waals surface area contributed by atoms with E-state index in [9.17, 15) is 9.90 Å². The third-order valence-electron chi connectivity index (χ3n) is 2.80. The molecule has 21 heavy (non-hydrogen) atoms. The highest BCUT2D eigenvalue weighted by atomic mass is 32.1. The molecule has 1 amide bonds. The highest BCUT2D eigenvalue weighted by Gasteiger charge is 2.15. The molecule has 0 saturated heterocycles. The molecular formula is C14H12N2O3S2. The number of nitrogens with zero attached hydrogens (tertiary/aromatic N) is 1. The quantitative estimate of drug-likeness (QED) is 0.758. The van der Waals surface area contributed by atoms with Gasteiger partial charge in [-0.1, -0.05) is 6.07 Å². The molecule has 3 rings (SSSR count). The molecule has 0 bridgehead atoms. The first-order chi connectivity index (χ1) is 10.2. The molecule has 0 aromatic carbocycles. The number of thiophene rings is 1. The van der Waals surface area contributed by atoms with Crippen molar-refractivity contribution in [3.8, 4) is 9.88 Å². The van der Waals surface area contributed by atoms with Gasteiger partial charge in [0.2, 0.25) is 0 Å². The average Bonchev–Trinajstić information content (AvgIpc) is 3.25. The number of thiazole rings is 1. The SMILES string of the molecule is O=C(NCC(O)c1ccco1)c1csc(-c2cccs2)n1. The first-order valence-electron chi connectivity index (χ1n) is 6.23. The highest BCUT2D eigenvalue weighted by Crippen LogP contribution is 2.27. The Morgan fingerprint density at radius 1 is 1.38 bits per heavy atom. The van der Waals surface area contributed by atoms with Gasteiger partial charge >= 0.3 is 0 Å². The lowest BCUT2D eigenvalue weighted by Crippen LogP contribution is -2.28. The van der Waals surface area contributed by atoms with Crippen molar-refractivity contribution in [1.29, 1.82) is 0 Å². The van der Waals surface area contributed by atoms with E-state index in [0.717, 1.165) is 9.88 Å². The second kappa shape index (κ2) is 6.21. The van der Waals surface area contributed by atoms with Gasteiger partial charge in [-0.05, 0) is 23.6 Å². The van der Waals surface area contributed by atoms with Crippen LogP contribution in [0.1, 0.15) is 22.4 Å². The summed E-state index contributed by atoms with van der Waals surface area (Å²) in [7, 11) is 0. The number of furan rings is 1. The van der Waals surface area contributed by atoms with Gasteiger partial charge in [0, 0.05) is 5.38 Å². The Morgan fingerprint density at radius 2 is 2.29 bits per heavy atom. The van der Waals surface area contributed by atoms with Crippen LogP contribution in [-0.2, 0) is 0 Å². The van der Waals surface area contributed by atoms with Gasteiger partial charge in [-0.15, -0.1) is 22.7 Å². The Morgan fingerprint density at radius 3 is 3.00 bits per heavy atom. The first kappa shape index (κ1) is 14.0. The van der Waals surface area contributed by atoms with E-state index in [1.807, 2.05) is 17.5 Å². The fourth-order valence-corrected chi connectivity index (χ4v) is 3.37. The van der Waals surface area contributed by atoms with Crippen LogP contribution in [0.3, 0.4) is 0 Å². The van der Waals surface area contributed by atoms with Gasteiger partial charge < -0.3 is 14.8 Å². The van der Waals surface area contributed by atoms with E-state index >= 15 is 0 Å². The smallest absolute Gasteiger partial charge is 0.270 e. The molecule has 3 heterocycles. The van der Waals surface area contributed by atoms with Crippen molar-refractivity contribution in [1.82, 2.24) is 10.3 Å². The fraction of sp³-hybridized carbons (Fsp3) is 0.143. The number of amides is 1. The summed E-state index contributed by atoms with van der Waals surface area (Å²) in [5.74, 6) is 0.118. The Hall–Kier alpha value is -1.96. The van der Waals surface area contributed by atoms with Crippen LogP contribution in [-0.4, -0.2) is 22.5 Å². The summed E-state index contributed by atoms with van der Waals surface area (Å²) in [4.78, 5) is 17.3. The fourth-order valence-electron chi connectivity index (χ4n) is 1.75. The summed E-state index contributed by atoms with van der Waals surface area (Å²) >= 11 is 3.01. The van der Waals surface area contributed by atoms with Crippen molar-refractivity contribution in [3.05, 3.63) is 52.7 Å². The molecule has 1 atom stereocenters. The second-order valence-corrected chi connectivity index (χ2v) is 6.06. The van der Waals surface area contributed by atoms with Crippen molar-refractivity contribution < 1.29 is 14.3 Å². The number of carbonyl (C=O) groups excluding carboxylic acids is 1. The molecule has 0 saturated carbocycles. The predicted molar refractivity (Wildman–Crippen MR) is 81.4 cm³/mol. The number of rotatable bonds is 5. The summed E-state index contributed by atoms with van der Waals surface area (Å²) in [6.07, 6.45) is 0.619. The minimum Gasteiger partial charge on any atom is -0.467 e. The third-order valence-corrected chi connectivity index (χ3v) is 4.68. The number of hydrogen-bond donors (Lipinski definition) is 2. The van der Waals surface area contributed by atoms with E-state index in [0.29, 0.717) is 11.5 Å². The zero-order valence-electron chi connectivity index (χ0n) is 10.9. The zero-order valence-corrected chi connectivity index (χ0v) is 12.5. The molecule has 5 nitrogen and oxygen atoms in total. The van der Waals surface area contributed by atoms with E-state index < -0.39 is 6.10 Å². The van der Waals surface area contributed by atoms with E-state index in [1.54, 1.807) is 28.8 Å². The number of nitrogens with one attached hydrogen (secondary N) is 1. The van der Waals surface area contributed by atoms with Crippen molar-refractivity contribution >= 4 is 28.6 Å². The maximum absolute atomic E-state index is 12.0. The monoisotopic (exact) mass is 320 g/mol. The number of carbonyl (C=O) groups is 1. The van der Waals surface area contributed by atoms with Crippen LogP contribution in [0.15, 0.2) is 45.7 Å². The molecular weight excluding hydrogens is 308 g/mol. The topological polar surface area (TPSA) is 75.4 Å². The van der Waals surface area contributed by atoms with Crippen molar-refractivity contribution in [2.45, 2.75) is 6.10 Å². The van der Waals surface area contributed by atoms with Crippen LogP contribution in [0.25, 0.3) is 9.88 Å². The van der Waals surface area contributed by atoms with Gasteiger partial charge in [0.1, 0.15) is 22.6 Å². The largest absolute Gasteiger partial charge is 0.467 e. The second-order valence-electron chi connectivity index (χ2n) is 4.26. The molecule has 108 valence electrons. The van der Waals surface area contributed by atoms with Gasteiger partial charge in [-0.3, -0.25) is 4.79 Å². The lowest BCUT2D eigenvalue weighted by molar-refractivity contribution is 0.0897. The van der Waals surface area contributed by atoms with E-state index in [2.05, 4.69) is 10.3 Å². The first-order valence-corrected chi connectivity index (χ1v) is 7.99. The van der Waals surface area contributed by atoms with Crippen molar-refractivity contribution in [3.63, 3.8) is 0 Å². The molecule has 0 aliphatic rings. The van der Waals surface area contributed by atoms with Crippen LogP contribution in [0.4, 0.5) is 0 Å². The molecule has 3 aromatic heterocycles. The predicted octanol–water partition coefficient (Wildman–Crippen LogP) is 2.93. The minimum absolute atomic E-state index is 0.0816. The third kappa shape index (κ3) is 3.21. The molecule has 3 aromatic rings. The van der Waals surface area contributed by atoms with Crippen LogP contribution in [0, 0.1) is 0 Å². The number of hydrogen-bond acceptors (Lipinski definition) is 6. The lowest BCUT2D eigenvalue weighted by Gasteiger charge is -2.08. The molecule has 0 spiro atoms. The summed E-state index contributed by atoms with van der Waals surface area (Å²) < 4.78 is 5.07. The Bertz CT molecular complexity index is 705. The molecule has 0 aliphatic heterocycles. The Labute approximate surface area is 128 Å². The normalized spacial score (nSPS) is 12.2. The molecule has 0 aliphatic carbocycles. The number of aliphatic hydroxyl groups is 1. The van der Waals surface area contributed by atoms with E-state index in [1.165, 1.54) is 17.6 Å². The standard InChI is InChI=1S/C14H12N2O3S2/c17-10(11-3-1-5-19-11)7-15-13(18)9-8-21-14(16-9)12-4-2-6-20-12/h1-6,8,10,17H,7H2,(H,15,18). The highest BCUT2D eigenvalue weighted by molar-refractivity contribution is 7.20. The van der Waals surface area contributed by atoms with Crippen LogP contribution >= 0.6 is 22.7 Å². The molecule has 1 unspecified atom stereocenters. The summed E-state index contributed by atoms with van der Waals surface area (Å²) in [5.41, 5.74) is 0.357. The summed E-state index contributed by atoms with van der Waals surface area (Å²) in [6.45, 7) is 0.0816. The molecule has 0 radical (unpaired) electrons. The van der Waals surface area contributed by atoms with Gasteiger partial charge in [0.25, 0.3) is 5.91 Å². The molecule has 0 fully saturated rings. The van der Waals surface area contributed by atoms with Crippen LogP contribution in [0.5, 0.6) is 0 Å². The zero-order chi connectivity index (χ0) is 14.7. The van der Waals surface area contributed by atoms with Crippen LogP contribution < -0.4 is 5.32 Å². The van der Waals surface area contributed by atoms with Gasteiger partial charge in [0.15, 0.2) is 0 Å². The van der Waals surface area contributed by atoms with Gasteiger partial charge in [0.05, 0.1) is 17.7 Å². The molecule has 2 N–H and O–H groups in total. The van der Waals surface area contributed by atoms with Gasteiger partial charge in [-0.25, -0.2) is 4.98 Å². The van der Waals surface area contributed by atoms with E-state index in [4.69, 9.17) is 4.42 Å². The van der Waals surface area contributed by atoms with E-state index in [-0.39, 0.29) is 12.5 Å². The number of aliphatic hydroxyl groups excluding tert-OH is 1. The maximum atomic E-state index is 12.0. The maximum Gasteiger partial charge on any atom is 0.270 e. The minimum atomic E-state index is -0.862. The Kier molecular flexibility index (Phi) is 4.14. The van der Waals surface area contributed by atoms with Crippen LogP contribution in [0.2, 0.25) is 0 Å². The molecule has 7 heteroatoms. The summed E-state index contributed by atoms with van der Waals surface area (Å²) in [5, 5.41) is 17.0. The summed E-state index contributed by atoms with van der Waals surface area (Å²) in [6, 6.07) is 7.26. The van der Waals surface area contributed by atoms with Gasteiger partial charge in [-0.2, -0.15) is 0 Å². The lowest BCUT2D eigenvalue weighted by atomic mass is 10.2. The Balaban J connectivity index is 1.61. The average molecular weight is 320 g/mol.